The molecular formula is C32H35FN2O7. The summed E-state index contributed by atoms with van der Waals surface area (Å²) in [6.07, 6.45) is 6.60. The molecule has 1 saturated carbocycles. The number of cyclic esters (lactones) is 1. The Bertz CT molecular complexity index is 1700. The van der Waals surface area contributed by atoms with Crippen molar-refractivity contribution in [2.75, 3.05) is 13.2 Å². The molecule has 10 heteroatoms. The third kappa shape index (κ3) is 4.26. The van der Waals surface area contributed by atoms with Crippen LogP contribution in [0.4, 0.5) is 4.39 Å². The van der Waals surface area contributed by atoms with Gasteiger partial charge in [-0.2, -0.15) is 0 Å². The van der Waals surface area contributed by atoms with Gasteiger partial charge in [-0.3, -0.25) is 9.59 Å². The number of hydrogen-bond donors (Lipinski definition) is 1. The first-order valence-corrected chi connectivity index (χ1v) is 15.1. The van der Waals surface area contributed by atoms with Crippen LogP contribution in [0.2, 0.25) is 0 Å². The molecule has 7 rings (SSSR count). The number of aromatic nitrogens is 2. The number of fused-ring (bicyclic) bond motifs is 5. The highest BCUT2D eigenvalue weighted by atomic mass is 19.1. The van der Waals surface area contributed by atoms with E-state index in [-0.39, 0.29) is 53.8 Å². The molecule has 0 bridgehead atoms. The highest BCUT2D eigenvalue weighted by molar-refractivity contribution is 5.88. The zero-order chi connectivity index (χ0) is 29.2. The third-order valence-corrected chi connectivity index (χ3v) is 9.71. The lowest BCUT2D eigenvalue weighted by Gasteiger charge is -2.33. The molecule has 5 heterocycles. The van der Waals surface area contributed by atoms with Crippen molar-refractivity contribution in [1.82, 2.24) is 9.13 Å². The Labute approximate surface area is 241 Å². The van der Waals surface area contributed by atoms with Gasteiger partial charge < -0.3 is 28.5 Å². The van der Waals surface area contributed by atoms with E-state index >= 15 is 0 Å². The summed E-state index contributed by atoms with van der Waals surface area (Å²) in [6, 6.07) is 5.92. The van der Waals surface area contributed by atoms with E-state index in [9.17, 15) is 23.9 Å². The highest BCUT2D eigenvalue weighted by Crippen LogP contribution is 2.41. The van der Waals surface area contributed by atoms with E-state index in [0.29, 0.717) is 35.0 Å². The van der Waals surface area contributed by atoms with Gasteiger partial charge in [0.25, 0.3) is 5.56 Å². The minimum Gasteiger partial charge on any atom is -0.458 e. The maximum atomic E-state index is 14.5. The van der Waals surface area contributed by atoms with E-state index in [1.165, 1.54) is 16.7 Å². The summed E-state index contributed by atoms with van der Waals surface area (Å²) >= 11 is 0. The molecule has 42 heavy (non-hydrogen) atoms. The standard InChI is InChI=1S/C32H35FN2O7/c1-2-32(39)23-14-25-28-26(15-34(25)30(37)22(23)17-42-31(32)38)35(24-11-8-19(33)13-21(24)29(28)36)20-9-6-18(7-10-20)16-41-27-5-3-4-12-40-27/h8,11,13-14,18,20,27,39H,2-7,9-10,12,15-17H2,1H3/t18?,20?,27?,32-/m0/s1. The van der Waals surface area contributed by atoms with E-state index in [4.69, 9.17) is 14.2 Å². The number of benzene rings is 1. The van der Waals surface area contributed by atoms with Crippen LogP contribution in [-0.4, -0.2) is 39.7 Å². The molecule has 0 amide bonds. The van der Waals surface area contributed by atoms with Gasteiger partial charge in [0.15, 0.2) is 17.3 Å². The van der Waals surface area contributed by atoms with Gasteiger partial charge in [-0.1, -0.05) is 6.92 Å². The first-order valence-electron chi connectivity index (χ1n) is 15.1. The number of rotatable bonds is 5. The fraction of sp³-hybridized carbons (Fsp3) is 0.531. The molecule has 222 valence electrons. The number of ether oxygens (including phenoxy) is 3. The normalized spacial score (nSPS) is 26.9. The Kier molecular flexibility index (Phi) is 6.83. The fourth-order valence-corrected chi connectivity index (χ4v) is 7.34. The molecule has 9 nitrogen and oxygen atoms in total. The van der Waals surface area contributed by atoms with Crippen LogP contribution in [0.5, 0.6) is 0 Å². The van der Waals surface area contributed by atoms with Crippen molar-refractivity contribution in [2.45, 2.75) is 89.4 Å². The first kappa shape index (κ1) is 27.5. The molecule has 3 aromatic rings. The summed E-state index contributed by atoms with van der Waals surface area (Å²) < 4.78 is 35.1. The van der Waals surface area contributed by atoms with E-state index < -0.39 is 22.9 Å². The van der Waals surface area contributed by atoms with Crippen molar-refractivity contribution in [3.63, 3.8) is 0 Å². The highest BCUT2D eigenvalue weighted by Gasteiger charge is 2.46. The molecule has 1 aliphatic carbocycles. The number of aliphatic hydroxyl groups is 1. The third-order valence-electron chi connectivity index (χ3n) is 9.71. The van der Waals surface area contributed by atoms with Crippen LogP contribution < -0.4 is 11.0 Å². The number of pyridine rings is 2. The number of carbonyl (C=O) groups is 1. The Morgan fingerprint density at radius 2 is 1.90 bits per heavy atom. The van der Waals surface area contributed by atoms with Crippen LogP contribution in [0.15, 0.2) is 33.9 Å². The molecule has 0 spiro atoms. The number of hydrogen-bond acceptors (Lipinski definition) is 7. The minimum absolute atomic E-state index is 0.0155. The second kappa shape index (κ2) is 10.4. The summed E-state index contributed by atoms with van der Waals surface area (Å²) in [4.78, 5) is 40.3. The van der Waals surface area contributed by atoms with Crippen LogP contribution in [-0.2, 0) is 37.8 Å². The first-order chi connectivity index (χ1) is 20.3. The fourth-order valence-electron chi connectivity index (χ4n) is 7.34. The smallest absolute Gasteiger partial charge is 0.343 e. The quantitative estimate of drug-likeness (QED) is 0.353. The minimum atomic E-state index is -1.98. The van der Waals surface area contributed by atoms with Crippen molar-refractivity contribution in [1.29, 1.82) is 0 Å². The topological polar surface area (TPSA) is 109 Å². The van der Waals surface area contributed by atoms with Gasteiger partial charge in [-0.05, 0) is 81.5 Å². The zero-order valence-electron chi connectivity index (χ0n) is 23.7. The van der Waals surface area contributed by atoms with Crippen molar-refractivity contribution in [3.8, 4) is 11.3 Å². The summed E-state index contributed by atoms with van der Waals surface area (Å²) in [5.41, 5.74) is -0.341. The van der Waals surface area contributed by atoms with Gasteiger partial charge in [0.2, 0.25) is 0 Å². The van der Waals surface area contributed by atoms with Gasteiger partial charge in [-0.25, -0.2) is 9.18 Å². The summed E-state index contributed by atoms with van der Waals surface area (Å²) in [5, 5.41) is 11.5. The van der Waals surface area contributed by atoms with Crippen LogP contribution in [0.25, 0.3) is 22.2 Å². The molecular weight excluding hydrogens is 543 g/mol. The van der Waals surface area contributed by atoms with Gasteiger partial charge in [0, 0.05) is 23.6 Å². The molecule has 1 unspecified atom stereocenters. The summed E-state index contributed by atoms with van der Waals surface area (Å²) in [5.74, 6) is -0.923. The lowest BCUT2D eigenvalue weighted by Crippen LogP contribution is -2.44. The molecule has 1 aromatic carbocycles. The van der Waals surface area contributed by atoms with Gasteiger partial charge >= 0.3 is 5.97 Å². The largest absolute Gasteiger partial charge is 0.458 e. The average molecular weight is 579 g/mol. The molecule has 2 aromatic heterocycles. The number of nitrogens with zero attached hydrogens (tertiary/aromatic N) is 2. The molecule has 1 N–H and O–H groups in total. The predicted molar refractivity (Wildman–Crippen MR) is 151 cm³/mol. The number of esters is 1. The van der Waals surface area contributed by atoms with Gasteiger partial charge in [0.05, 0.1) is 41.2 Å². The van der Waals surface area contributed by atoms with Crippen molar-refractivity contribution in [2.24, 2.45) is 5.92 Å². The van der Waals surface area contributed by atoms with E-state index in [1.807, 2.05) is 0 Å². The Morgan fingerprint density at radius 1 is 1.10 bits per heavy atom. The second-order valence-electron chi connectivity index (χ2n) is 12.1. The summed E-state index contributed by atoms with van der Waals surface area (Å²) in [6.45, 7) is 2.97. The van der Waals surface area contributed by atoms with E-state index in [2.05, 4.69) is 4.57 Å². The van der Waals surface area contributed by atoms with Crippen LogP contribution >= 0.6 is 0 Å². The Balaban J connectivity index is 1.29. The lowest BCUT2D eigenvalue weighted by atomic mass is 9.85. The SMILES string of the molecule is CC[C@@]1(O)C(=O)OCc2c1cc1n(c2=O)Cc2c-1c(=O)c1cc(F)ccc1n2C1CCC(COC2CCCCO2)CC1. The molecule has 3 aliphatic heterocycles. The molecule has 4 aliphatic rings. The van der Waals surface area contributed by atoms with Crippen LogP contribution in [0.3, 0.4) is 0 Å². The molecule has 2 atom stereocenters. The van der Waals surface area contributed by atoms with Crippen LogP contribution in [0, 0.1) is 11.7 Å². The molecule has 2 fully saturated rings. The molecule has 0 radical (unpaired) electrons. The summed E-state index contributed by atoms with van der Waals surface area (Å²) in [7, 11) is 0. The maximum absolute atomic E-state index is 14.5. The van der Waals surface area contributed by atoms with Gasteiger partial charge in [-0.15, -0.1) is 0 Å². The number of halogens is 1. The van der Waals surface area contributed by atoms with Gasteiger partial charge in [0.1, 0.15) is 12.4 Å². The van der Waals surface area contributed by atoms with Crippen molar-refractivity contribution >= 4 is 16.9 Å². The maximum Gasteiger partial charge on any atom is 0.343 e. The Hall–Kier alpha value is -3.34. The van der Waals surface area contributed by atoms with Crippen LogP contribution in [0.1, 0.15) is 81.2 Å². The zero-order valence-corrected chi connectivity index (χ0v) is 23.7. The second-order valence-corrected chi connectivity index (χ2v) is 12.1. The lowest BCUT2D eigenvalue weighted by molar-refractivity contribution is -0.172. The van der Waals surface area contributed by atoms with E-state index in [1.54, 1.807) is 19.1 Å². The number of carbonyl (C=O) groups excluding carboxylic acids is 1. The van der Waals surface area contributed by atoms with Crippen molar-refractivity contribution < 1.29 is 28.5 Å². The average Bonchev–Trinajstić information content (AvgIpc) is 3.39. The monoisotopic (exact) mass is 578 g/mol. The molecule has 1 saturated heterocycles. The predicted octanol–water partition coefficient (Wildman–Crippen LogP) is 4.26. The Morgan fingerprint density at radius 3 is 2.64 bits per heavy atom. The van der Waals surface area contributed by atoms with Crippen molar-refractivity contribution in [3.05, 3.63) is 67.5 Å². The van der Waals surface area contributed by atoms with E-state index in [0.717, 1.165) is 51.6 Å².